The molecule has 1 fully saturated rings. The summed E-state index contributed by atoms with van der Waals surface area (Å²) in [6.45, 7) is 0. The number of benzene rings is 1. The van der Waals surface area contributed by atoms with Gasteiger partial charge >= 0.3 is 48.4 Å². The Morgan fingerprint density at radius 1 is 0.684 bits per heavy atom. The number of carbonyl (C=O) groups is 1. The summed E-state index contributed by atoms with van der Waals surface area (Å²) in [6.07, 6.45) is -15.3. The zero-order valence-electron chi connectivity index (χ0n) is 17.4. The van der Waals surface area contributed by atoms with E-state index in [9.17, 15) is 75.0 Å². The Labute approximate surface area is 197 Å². The third-order valence-corrected chi connectivity index (χ3v) is 4.80. The Morgan fingerprint density at radius 3 is 1.37 bits per heavy atom. The van der Waals surface area contributed by atoms with Gasteiger partial charge in [-0.15, -0.1) is 4.90 Å². The summed E-state index contributed by atoms with van der Waals surface area (Å²) in [7, 11) is 1.01. The molecule has 1 aromatic carbocycles. The van der Waals surface area contributed by atoms with Gasteiger partial charge in [-0.1, -0.05) is 4.90 Å². The van der Waals surface area contributed by atoms with E-state index in [1.165, 1.54) is 0 Å². The number of ether oxygens (including phenoxy) is 1. The van der Waals surface area contributed by atoms with Gasteiger partial charge in [-0.2, -0.15) is 70.2 Å². The summed E-state index contributed by atoms with van der Waals surface area (Å²) in [5.41, 5.74) is -1.10. The number of hydrogen-bond donors (Lipinski definition) is 1. The normalized spacial score (nSPS) is 23.4. The van der Waals surface area contributed by atoms with Gasteiger partial charge in [0.25, 0.3) is 5.91 Å². The highest BCUT2D eigenvalue weighted by molar-refractivity contribution is 5.97. The van der Waals surface area contributed by atoms with Crippen molar-refractivity contribution in [2.45, 2.75) is 48.4 Å². The lowest BCUT2D eigenvalue weighted by molar-refractivity contribution is -0.572. The van der Waals surface area contributed by atoms with Crippen LogP contribution in [0.2, 0.25) is 0 Å². The molecule has 1 aliphatic heterocycles. The van der Waals surface area contributed by atoms with Gasteiger partial charge in [-0.05, 0) is 24.3 Å². The second-order valence-corrected chi connectivity index (χ2v) is 7.18. The average molecular weight is 597 g/mol. The van der Waals surface area contributed by atoms with Crippen LogP contribution < -0.4 is 10.1 Å². The molecule has 1 aliphatic rings. The van der Waals surface area contributed by atoms with Crippen LogP contribution in [0.3, 0.4) is 0 Å². The highest BCUT2D eigenvalue weighted by atomic mass is 19.4. The van der Waals surface area contributed by atoms with Crippen molar-refractivity contribution in [3.63, 3.8) is 0 Å². The molecular weight excluding hydrogens is 589 g/mol. The fraction of sp³-hybridized carbons (Fsp3) is 0.562. The van der Waals surface area contributed by atoms with Crippen LogP contribution >= 0.6 is 0 Å². The zero-order valence-corrected chi connectivity index (χ0v) is 17.4. The van der Waals surface area contributed by atoms with Gasteiger partial charge in [-0.3, -0.25) is 4.79 Å². The van der Waals surface area contributed by atoms with Crippen molar-refractivity contribution in [1.29, 1.82) is 0 Å². The molecule has 0 aliphatic carbocycles. The first-order valence-corrected chi connectivity index (χ1v) is 8.94. The lowest BCUT2D eigenvalue weighted by Gasteiger charge is -2.56. The molecule has 0 aromatic heterocycles. The molecule has 1 N–H and O–H groups in total. The van der Waals surface area contributed by atoms with E-state index in [0.717, 1.165) is 19.2 Å². The fourth-order valence-electron chi connectivity index (χ4n) is 3.00. The van der Waals surface area contributed by atoms with Gasteiger partial charge in [-0.25, -0.2) is 4.39 Å². The summed E-state index contributed by atoms with van der Waals surface area (Å²) in [4.78, 5) is 3.49. The Hall–Kier alpha value is -2.78. The van der Waals surface area contributed by atoms with E-state index in [-0.39, 0.29) is 5.75 Å². The molecule has 38 heavy (non-hydrogen) atoms. The van der Waals surface area contributed by atoms with Gasteiger partial charge in [0.1, 0.15) is 5.75 Å². The average Bonchev–Trinajstić information content (AvgIpc) is 2.70. The van der Waals surface area contributed by atoms with Crippen molar-refractivity contribution in [1.82, 2.24) is 9.80 Å². The van der Waals surface area contributed by atoms with Crippen LogP contribution in [-0.2, 0) is 4.79 Å². The van der Waals surface area contributed by atoms with E-state index < -0.39 is 69.8 Å². The standard InChI is InChI=1S/C16H8F17N3O2/c1-38-7-4-2-6(3-5-7)34-8(37)9(17,10(18,19)20)35-13(26,27)15(30,31)36(12(24,25)11(21,22)23)16(32,33)14(35,28)29/h2-5H,1H3,(H,34,37)/t9-/m1/s1. The lowest BCUT2D eigenvalue weighted by atomic mass is 10.0. The number of hydrogen-bond acceptors (Lipinski definition) is 4. The first kappa shape index (κ1) is 31.4. The van der Waals surface area contributed by atoms with Crippen molar-refractivity contribution in [3.8, 4) is 5.75 Å². The maximum absolute atomic E-state index is 15.1. The number of carbonyl (C=O) groups excluding carboxylic acids is 1. The van der Waals surface area contributed by atoms with Gasteiger partial charge in [0.2, 0.25) is 0 Å². The number of halogens is 17. The molecule has 1 heterocycles. The first-order valence-electron chi connectivity index (χ1n) is 8.94. The van der Waals surface area contributed by atoms with Crippen LogP contribution in [-0.4, -0.2) is 71.2 Å². The number of amides is 1. The smallest absolute Gasteiger partial charge is 0.469 e. The van der Waals surface area contributed by atoms with E-state index in [2.05, 4.69) is 4.74 Å². The second kappa shape index (κ2) is 8.61. The van der Waals surface area contributed by atoms with E-state index >= 15 is 4.39 Å². The molecule has 22 heteroatoms. The molecule has 5 nitrogen and oxygen atoms in total. The van der Waals surface area contributed by atoms with Crippen LogP contribution in [0.25, 0.3) is 0 Å². The van der Waals surface area contributed by atoms with Crippen LogP contribution in [0.5, 0.6) is 5.75 Å². The number of nitrogens with one attached hydrogen (secondary N) is 1. The third kappa shape index (κ3) is 4.14. The summed E-state index contributed by atoms with van der Waals surface area (Å²) in [5, 5.41) is 0.704. The van der Waals surface area contributed by atoms with Crippen LogP contribution in [0, 0.1) is 0 Å². The Bertz CT molecular complexity index is 1020. The van der Waals surface area contributed by atoms with Crippen LogP contribution in [0.4, 0.5) is 80.3 Å². The highest BCUT2D eigenvalue weighted by Gasteiger charge is 2.96. The van der Waals surface area contributed by atoms with Gasteiger partial charge in [0.15, 0.2) is 0 Å². The SMILES string of the molecule is COc1ccc(NC(=O)[C@@](F)(N2C(F)(F)C(F)(F)N(C(F)(F)C(F)(F)F)C(F)(F)C2(F)F)C(F)(F)F)cc1. The second-order valence-electron chi connectivity index (χ2n) is 7.18. The molecule has 2 rings (SSSR count). The summed E-state index contributed by atoms with van der Waals surface area (Å²) < 4.78 is 238. The minimum absolute atomic E-state index is 0.149. The largest absolute Gasteiger partial charge is 0.497 e. The van der Waals surface area contributed by atoms with Gasteiger partial charge in [0, 0.05) is 5.69 Å². The number of rotatable bonds is 5. The molecular formula is C16H8F17N3O2. The minimum atomic E-state index is -8.06. The van der Waals surface area contributed by atoms with Crippen molar-refractivity contribution in [2.24, 2.45) is 0 Å². The van der Waals surface area contributed by atoms with Crippen molar-refractivity contribution < 1.29 is 84.2 Å². The van der Waals surface area contributed by atoms with Gasteiger partial charge in [0.05, 0.1) is 7.11 Å². The molecule has 218 valence electrons. The number of alkyl halides is 17. The molecule has 1 saturated heterocycles. The monoisotopic (exact) mass is 597 g/mol. The highest BCUT2D eigenvalue weighted by Crippen LogP contribution is 2.65. The van der Waals surface area contributed by atoms with Crippen molar-refractivity contribution >= 4 is 11.6 Å². The summed E-state index contributed by atoms with van der Waals surface area (Å²) in [5.74, 6) is -11.3. The minimum Gasteiger partial charge on any atom is -0.497 e. The molecule has 0 radical (unpaired) electrons. The van der Waals surface area contributed by atoms with Crippen molar-refractivity contribution in [3.05, 3.63) is 24.3 Å². The third-order valence-electron chi connectivity index (χ3n) is 4.80. The fourth-order valence-corrected chi connectivity index (χ4v) is 3.00. The first-order chi connectivity index (χ1) is 16.7. The predicted octanol–water partition coefficient (Wildman–Crippen LogP) is 6.01. The Kier molecular flexibility index (Phi) is 7.12. The zero-order chi connectivity index (χ0) is 30.1. The molecule has 0 spiro atoms. The lowest BCUT2D eigenvalue weighted by Crippen LogP contribution is -2.89. The number of nitrogens with zero attached hydrogens (tertiary/aromatic N) is 2. The van der Waals surface area contributed by atoms with E-state index in [4.69, 9.17) is 0 Å². The number of methoxy groups -OCH3 is 1. The maximum atomic E-state index is 15.1. The maximum Gasteiger partial charge on any atom is 0.469 e. The molecule has 1 amide bonds. The predicted molar refractivity (Wildman–Crippen MR) is 86.0 cm³/mol. The van der Waals surface area contributed by atoms with Crippen molar-refractivity contribution in [2.75, 3.05) is 12.4 Å². The number of anilines is 1. The Morgan fingerprint density at radius 2 is 1.05 bits per heavy atom. The van der Waals surface area contributed by atoms with E-state index in [0.29, 0.717) is 17.4 Å². The Balaban J connectivity index is 2.84. The van der Waals surface area contributed by atoms with E-state index in [1.807, 2.05) is 0 Å². The molecule has 0 saturated carbocycles. The summed E-state index contributed by atoms with van der Waals surface area (Å²) in [6, 6.07) is -37.7. The quantitative estimate of drug-likeness (QED) is 0.334. The molecule has 0 unspecified atom stereocenters. The molecule has 0 bridgehead atoms. The molecule has 1 atom stereocenters. The van der Waals surface area contributed by atoms with E-state index in [1.54, 1.807) is 0 Å². The summed E-state index contributed by atoms with van der Waals surface area (Å²) >= 11 is 0. The van der Waals surface area contributed by atoms with Crippen LogP contribution in [0.1, 0.15) is 0 Å². The van der Waals surface area contributed by atoms with Gasteiger partial charge < -0.3 is 10.1 Å². The molecule has 1 aromatic rings. The van der Waals surface area contributed by atoms with Crippen LogP contribution in [0.15, 0.2) is 24.3 Å². The number of piperazine rings is 1. The topological polar surface area (TPSA) is 44.8 Å².